The highest BCUT2D eigenvalue weighted by atomic mass is 79.9. The van der Waals surface area contributed by atoms with Crippen molar-refractivity contribution < 1.29 is 9.21 Å². The summed E-state index contributed by atoms with van der Waals surface area (Å²) in [7, 11) is 1.86. The Morgan fingerprint density at radius 1 is 1.40 bits per heavy atom. The van der Waals surface area contributed by atoms with E-state index in [4.69, 9.17) is 4.42 Å². The van der Waals surface area contributed by atoms with Crippen LogP contribution in [0.25, 0.3) is 11.0 Å². The van der Waals surface area contributed by atoms with E-state index >= 15 is 0 Å². The van der Waals surface area contributed by atoms with Crippen LogP contribution in [0.1, 0.15) is 23.4 Å². The summed E-state index contributed by atoms with van der Waals surface area (Å²) in [5.74, 6) is 0.368. The Morgan fingerprint density at radius 2 is 2.15 bits per heavy atom. The predicted molar refractivity (Wildman–Crippen MR) is 81.9 cm³/mol. The molecule has 0 radical (unpaired) electrons. The number of hydrogen-bond acceptors (Lipinski definition) is 3. The van der Waals surface area contributed by atoms with Crippen molar-refractivity contribution in [2.75, 3.05) is 20.1 Å². The third-order valence-electron chi connectivity index (χ3n) is 3.88. The number of piperidine rings is 1. The number of hydrogen-bond donors (Lipinski definition) is 1. The molecule has 1 saturated heterocycles. The van der Waals surface area contributed by atoms with Crippen LogP contribution in [0.4, 0.5) is 0 Å². The molecule has 1 aliphatic rings. The van der Waals surface area contributed by atoms with Gasteiger partial charge in [0.1, 0.15) is 5.58 Å². The minimum Gasteiger partial charge on any atom is -0.450 e. The first-order valence-electron chi connectivity index (χ1n) is 6.83. The summed E-state index contributed by atoms with van der Waals surface area (Å²) in [6.07, 6.45) is 1.98. The number of nitrogens with zero attached hydrogens (tertiary/aromatic N) is 1. The quantitative estimate of drug-likeness (QED) is 0.916. The molecule has 20 heavy (non-hydrogen) atoms. The Balaban J connectivity index is 1.86. The molecule has 0 saturated carbocycles. The van der Waals surface area contributed by atoms with Crippen molar-refractivity contribution in [1.29, 1.82) is 0 Å². The molecular weight excluding hydrogens is 320 g/mol. The van der Waals surface area contributed by atoms with Crippen LogP contribution in [0, 0.1) is 0 Å². The van der Waals surface area contributed by atoms with E-state index in [0.717, 1.165) is 41.4 Å². The van der Waals surface area contributed by atoms with Gasteiger partial charge in [0, 0.05) is 18.5 Å². The van der Waals surface area contributed by atoms with Gasteiger partial charge in [-0.15, -0.1) is 0 Å². The van der Waals surface area contributed by atoms with Crippen LogP contribution in [0.15, 0.2) is 33.2 Å². The monoisotopic (exact) mass is 336 g/mol. The maximum atomic E-state index is 12.5. The normalized spacial score (nSPS) is 16.5. The number of para-hydroxylation sites is 1. The summed E-state index contributed by atoms with van der Waals surface area (Å²) in [5.41, 5.74) is 0.731. The molecule has 1 aliphatic heterocycles. The molecule has 1 aromatic heterocycles. The van der Waals surface area contributed by atoms with Gasteiger partial charge in [-0.3, -0.25) is 4.79 Å². The zero-order valence-corrected chi connectivity index (χ0v) is 12.9. The Morgan fingerprint density at radius 3 is 2.85 bits per heavy atom. The van der Waals surface area contributed by atoms with Gasteiger partial charge in [-0.25, -0.2) is 0 Å². The van der Waals surface area contributed by atoms with E-state index in [2.05, 4.69) is 21.2 Å². The largest absolute Gasteiger partial charge is 0.450 e. The summed E-state index contributed by atoms with van der Waals surface area (Å²) in [5, 5.41) is 4.26. The highest BCUT2D eigenvalue weighted by Crippen LogP contribution is 2.28. The molecule has 1 fully saturated rings. The summed E-state index contributed by atoms with van der Waals surface area (Å²) in [4.78, 5) is 14.3. The Hall–Kier alpha value is -1.33. The first-order chi connectivity index (χ1) is 9.66. The van der Waals surface area contributed by atoms with Crippen molar-refractivity contribution >= 4 is 32.8 Å². The number of benzene rings is 1. The molecule has 2 heterocycles. The van der Waals surface area contributed by atoms with Gasteiger partial charge in [0.05, 0.1) is 4.47 Å². The van der Waals surface area contributed by atoms with Crippen LogP contribution in [0.3, 0.4) is 0 Å². The highest BCUT2D eigenvalue weighted by molar-refractivity contribution is 9.10. The van der Waals surface area contributed by atoms with Crippen molar-refractivity contribution in [3.63, 3.8) is 0 Å². The third kappa shape index (κ3) is 2.47. The second-order valence-corrected chi connectivity index (χ2v) is 6.02. The second-order valence-electron chi connectivity index (χ2n) is 5.17. The first kappa shape index (κ1) is 13.6. The number of amides is 1. The van der Waals surface area contributed by atoms with E-state index in [-0.39, 0.29) is 5.91 Å². The third-order valence-corrected chi connectivity index (χ3v) is 4.51. The lowest BCUT2D eigenvalue weighted by Crippen LogP contribution is -2.43. The summed E-state index contributed by atoms with van der Waals surface area (Å²) < 4.78 is 6.59. The average Bonchev–Trinajstić information content (AvgIpc) is 2.92. The fraction of sp³-hybridized carbons (Fsp3) is 0.400. The van der Waals surface area contributed by atoms with Gasteiger partial charge in [0.25, 0.3) is 5.91 Å². The maximum Gasteiger partial charge on any atom is 0.289 e. The molecule has 2 aromatic rings. The number of fused-ring (bicyclic) bond motifs is 1. The number of halogens is 1. The molecule has 0 unspecified atom stereocenters. The van der Waals surface area contributed by atoms with E-state index in [9.17, 15) is 4.79 Å². The van der Waals surface area contributed by atoms with Gasteiger partial charge < -0.3 is 14.6 Å². The SMILES string of the molecule is CN(C(=O)c1cc2cccc(Br)c2o1)C1CCNCC1. The van der Waals surface area contributed by atoms with E-state index in [1.807, 2.05) is 36.2 Å². The van der Waals surface area contributed by atoms with E-state index in [1.54, 1.807) is 0 Å². The maximum absolute atomic E-state index is 12.5. The van der Waals surface area contributed by atoms with Crippen molar-refractivity contribution in [3.8, 4) is 0 Å². The lowest BCUT2D eigenvalue weighted by atomic mass is 10.1. The number of furan rings is 1. The molecule has 1 N–H and O–H groups in total. The molecule has 0 aliphatic carbocycles. The van der Waals surface area contributed by atoms with Gasteiger partial charge in [0.2, 0.25) is 0 Å². The lowest BCUT2D eigenvalue weighted by molar-refractivity contribution is 0.0673. The summed E-state index contributed by atoms with van der Waals surface area (Å²) in [6.45, 7) is 1.93. The van der Waals surface area contributed by atoms with Crippen molar-refractivity contribution in [2.45, 2.75) is 18.9 Å². The first-order valence-corrected chi connectivity index (χ1v) is 7.62. The Labute approximate surface area is 126 Å². The number of nitrogens with one attached hydrogen (secondary N) is 1. The Bertz CT molecular complexity index is 632. The van der Waals surface area contributed by atoms with Crippen molar-refractivity contribution in [2.24, 2.45) is 0 Å². The molecule has 1 amide bonds. The van der Waals surface area contributed by atoms with Gasteiger partial charge >= 0.3 is 0 Å². The number of rotatable bonds is 2. The molecule has 0 bridgehead atoms. The fourth-order valence-electron chi connectivity index (χ4n) is 2.67. The van der Waals surface area contributed by atoms with Gasteiger partial charge in [0.15, 0.2) is 5.76 Å². The standard InChI is InChI=1S/C15H17BrN2O2/c1-18(11-5-7-17-8-6-11)15(19)13-9-10-3-2-4-12(16)14(10)20-13/h2-4,9,11,17H,5-8H2,1H3. The molecule has 1 aromatic carbocycles. The van der Waals surface area contributed by atoms with Crippen molar-refractivity contribution in [1.82, 2.24) is 10.2 Å². The van der Waals surface area contributed by atoms with E-state index in [1.165, 1.54) is 0 Å². The molecular formula is C15H17BrN2O2. The zero-order valence-electron chi connectivity index (χ0n) is 11.4. The fourth-order valence-corrected chi connectivity index (χ4v) is 3.13. The number of carbonyl (C=O) groups is 1. The topological polar surface area (TPSA) is 45.5 Å². The molecule has 5 heteroatoms. The van der Waals surface area contributed by atoms with Crippen LogP contribution in [-0.2, 0) is 0 Å². The molecule has 3 rings (SSSR count). The van der Waals surface area contributed by atoms with Crippen LogP contribution >= 0.6 is 15.9 Å². The minimum absolute atomic E-state index is 0.0417. The van der Waals surface area contributed by atoms with E-state index in [0.29, 0.717) is 11.8 Å². The molecule has 106 valence electrons. The van der Waals surface area contributed by atoms with Gasteiger partial charge in [-0.05, 0) is 54.0 Å². The lowest BCUT2D eigenvalue weighted by Gasteiger charge is -2.31. The molecule has 4 nitrogen and oxygen atoms in total. The smallest absolute Gasteiger partial charge is 0.289 e. The van der Waals surface area contributed by atoms with Crippen molar-refractivity contribution in [3.05, 3.63) is 34.5 Å². The van der Waals surface area contributed by atoms with Crippen LogP contribution in [0.2, 0.25) is 0 Å². The highest BCUT2D eigenvalue weighted by Gasteiger charge is 2.25. The van der Waals surface area contributed by atoms with Crippen LogP contribution in [-0.4, -0.2) is 37.0 Å². The molecule has 0 spiro atoms. The Kier molecular flexibility index (Phi) is 3.81. The zero-order chi connectivity index (χ0) is 14.1. The van der Waals surface area contributed by atoms with Crippen LogP contribution in [0.5, 0.6) is 0 Å². The van der Waals surface area contributed by atoms with E-state index < -0.39 is 0 Å². The summed E-state index contributed by atoms with van der Waals surface area (Å²) >= 11 is 3.45. The van der Waals surface area contributed by atoms with Gasteiger partial charge in [-0.2, -0.15) is 0 Å². The average molecular weight is 337 g/mol. The summed E-state index contributed by atoms with van der Waals surface area (Å²) in [6, 6.07) is 7.91. The minimum atomic E-state index is -0.0417. The molecule has 0 atom stereocenters. The van der Waals surface area contributed by atoms with Gasteiger partial charge in [-0.1, -0.05) is 12.1 Å². The number of carbonyl (C=O) groups excluding carboxylic acids is 1. The van der Waals surface area contributed by atoms with Crippen LogP contribution < -0.4 is 5.32 Å². The second kappa shape index (κ2) is 5.58. The predicted octanol–water partition coefficient (Wildman–Crippen LogP) is 3.02.